The second-order valence-electron chi connectivity index (χ2n) is 6.95. The fourth-order valence-corrected chi connectivity index (χ4v) is 3.57. The second kappa shape index (κ2) is 8.95. The molecule has 1 saturated heterocycles. The Morgan fingerprint density at radius 1 is 1.04 bits per heavy atom. The summed E-state index contributed by atoms with van der Waals surface area (Å²) in [4.78, 5) is 14.7. The van der Waals surface area contributed by atoms with E-state index in [0.29, 0.717) is 11.5 Å². The van der Waals surface area contributed by atoms with E-state index in [1.165, 1.54) is 18.6 Å². The molecule has 0 aromatic heterocycles. The highest BCUT2D eigenvalue weighted by Crippen LogP contribution is 2.24. The summed E-state index contributed by atoms with van der Waals surface area (Å²) < 4.78 is 18.2. The third-order valence-corrected chi connectivity index (χ3v) is 5.17. The van der Waals surface area contributed by atoms with Crippen molar-refractivity contribution in [3.8, 4) is 11.1 Å². The number of carbonyl (C=O) groups excluding carboxylic acids is 1. The predicted octanol–water partition coefficient (Wildman–Crippen LogP) is 4.77. The molecule has 2 aromatic carbocycles. The van der Waals surface area contributed by atoms with Crippen molar-refractivity contribution < 1.29 is 13.9 Å². The predicted molar refractivity (Wildman–Crippen MR) is 102 cm³/mol. The Hall–Kier alpha value is -2.20. The Labute approximate surface area is 154 Å². The fraction of sp³-hybridized carbons (Fsp3) is 0.409. The first-order chi connectivity index (χ1) is 12.7. The van der Waals surface area contributed by atoms with Crippen LogP contribution in [0.3, 0.4) is 0 Å². The number of ether oxygens (including phenoxy) is 1. The van der Waals surface area contributed by atoms with Crippen LogP contribution in [0.25, 0.3) is 11.1 Å². The molecule has 138 valence electrons. The van der Waals surface area contributed by atoms with Crippen molar-refractivity contribution in [2.45, 2.75) is 25.7 Å². The Kier molecular flexibility index (Phi) is 6.40. The molecule has 1 aliphatic heterocycles. The highest BCUT2D eigenvalue weighted by Gasteiger charge is 2.23. The first-order valence-corrected chi connectivity index (χ1v) is 9.31. The Morgan fingerprint density at radius 2 is 1.62 bits per heavy atom. The highest BCUT2D eigenvalue weighted by molar-refractivity contribution is 5.94. The molecule has 3 nitrogen and oxygen atoms in total. The van der Waals surface area contributed by atoms with E-state index in [1.807, 2.05) is 29.2 Å². The van der Waals surface area contributed by atoms with E-state index in [0.717, 1.165) is 50.1 Å². The molecule has 2 aromatic rings. The van der Waals surface area contributed by atoms with Gasteiger partial charge in [-0.25, -0.2) is 4.39 Å². The minimum atomic E-state index is -0.244. The van der Waals surface area contributed by atoms with Crippen molar-refractivity contribution in [2.75, 3.05) is 26.8 Å². The number of carbonyl (C=O) groups is 1. The zero-order valence-corrected chi connectivity index (χ0v) is 15.3. The average molecular weight is 355 g/mol. The van der Waals surface area contributed by atoms with Gasteiger partial charge in [0.15, 0.2) is 0 Å². The van der Waals surface area contributed by atoms with E-state index in [4.69, 9.17) is 4.74 Å². The van der Waals surface area contributed by atoms with Crippen molar-refractivity contribution in [1.82, 2.24) is 4.90 Å². The number of likely N-dealkylation sites (tertiary alicyclic amines) is 1. The van der Waals surface area contributed by atoms with Gasteiger partial charge in [-0.3, -0.25) is 4.79 Å². The van der Waals surface area contributed by atoms with Crippen LogP contribution in [0.5, 0.6) is 0 Å². The van der Waals surface area contributed by atoms with E-state index >= 15 is 0 Å². The molecule has 1 amide bonds. The van der Waals surface area contributed by atoms with Gasteiger partial charge in [-0.05, 0) is 67.0 Å². The lowest BCUT2D eigenvalue weighted by Gasteiger charge is -2.32. The number of nitrogens with zero attached hydrogens (tertiary/aromatic N) is 1. The van der Waals surface area contributed by atoms with Gasteiger partial charge < -0.3 is 9.64 Å². The summed E-state index contributed by atoms with van der Waals surface area (Å²) >= 11 is 0. The summed E-state index contributed by atoms with van der Waals surface area (Å²) in [6, 6.07) is 14.0. The smallest absolute Gasteiger partial charge is 0.253 e. The van der Waals surface area contributed by atoms with E-state index in [2.05, 4.69) is 0 Å². The lowest BCUT2D eigenvalue weighted by Crippen LogP contribution is -2.38. The van der Waals surface area contributed by atoms with Crippen LogP contribution < -0.4 is 0 Å². The third-order valence-electron chi connectivity index (χ3n) is 5.17. The maximum Gasteiger partial charge on any atom is 0.253 e. The van der Waals surface area contributed by atoms with Crippen LogP contribution in [0, 0.1) is 11.7 Å². The molecule has 1 fully saturated rings. The fourth-order valence-electron chi connectivity index (χ4n) is 3.57. The van der Waals surface area contributed by atoms with Crippen LogP contribution >= 0.6 is 0 Å². The van der Waals surface area contributed by atoms with E-state index in [1.54, 1.807) is 19.2 Å². The van der Waals surface area contributed by atoms with Crippen LogP contribution in [0.4, 0.5) is 4.39 Å². The van der Waals surface area contributed by atoms with Crippen LogP contribution in [0.15, 0.2) is 48.5 Å². The van der Waals surface area contributed by atoms with E-state index in [9.17, 15) is 9.18 Å². The molecule has 1 heterocycles. The molecule has 0 spiro atoms. The van der Waals surface area contributed by atoms with Gasteiger partial charge in [0.25, 0.3) is 5.91 Å². The van der Waals surface area contributed by atoms with E-state index in [-0.39, 0.29) is 11.7 Å². The largest absolute Gasteiger partial charge is 0.385 e. The first kappa shape index (κ1) is 18.6. The normalized spacial score (nSPS) is 15.2. The molecule has 0 aliphatic carbocycles. The number of piperidine rings is 1. The number of halogens is 1. The Balaban J connectivity index is 1.56. The summed E-state index contributed by atoms with van der Waals surface area (Å²) in [5.74, 6) is 0.562. The second-order valence-corrected chi connectivity index (χ2v) is 6.95. The van der Waals surface area contributed by atoms with Crippen molar-refractivity contribution in [3.05, 3.63) is 59.9 Å². The highest BCUT2D eigenvalue weighted by atomic mass is 19.1. The van der Waals surface area contributed by atoms with Crippen LogP contribution in [-0.2, 0) is 4.74 Å². The minimum Gasteiger partial charge on any atom is -0.385 e. The number of hydrogen-bond donors (Lipinski definition) is 0. The standard InChI is InChI=1S/C22H26FNO2/c1-26-16-2-3-17-12-14-24(15-13-17)22(25)20-6-4-18(5-7-20)19-8-10-21(23)11-9-19/h4-11,17H,2-3,12-16H2,1H3. The topological polar surface area (TPSA) is 29.5 Å². The number of hydrogen-bond acceptors (Lipinski definition) is 2. The molecule has 0 saturated carbocycles. The monoisotopic (exact) mass is 355 g/mol. The van der Waals surface area contributed by atoms with Crippen molar-refractivity contribution in [1.29, 1.82) is 0 Å². The number of amides is 1. The number of methoxy groups -OCH3 is 1. The summed E-state index contributed by atoms with van der Waals surface area (Å²) in [6.45, 7) is 2.48. The summed E-state index contributed by atoms with van der Waals surface area (Å²) in [7, 11) is 1.74. The number of benzene rings is 2. The van der Waals surface area contributed by atoms with Gasteiger partial charge in [0.1, 0.15) is 5.82 Å². The lowest BCUT2D eigenvalue weighted by atomic mass is 9.92. The van der Waals surface area contributed by atoms with Crippen molar-refractivity contribution >= 4 is 5.91 Å². The van der Waals surface area contributed by atoms with Crippen molar-refractivity contribution in [3.63, 3.8) is 0 Å². The maximum absolute atomic E-state index is 13.0. The lowest BCUT2D eigenvalue weighted by molar-refractivity contribution is 0.0681. The molecule has 0 radical (unpaired) electrons. The Bertz CT molecular complexity index is 704. The first-order valence-electron chi connectivity index (χ1n) is 9.31. The van der Waals surface area contributed by atoms with Gasteiger partial charge in [-0.15, -0.1) is 0 Å². The van der Waals surface area contributed by atoms with Gasteiger partial charge in [-0.2, -0.15) is 0 Å². The molecular weight excluding hydrogens is 329 g/mol. The van der Waals surface area contributed by atoms with Gasteiger partial charge in [0.05, 0.1) is 0 Å². The molecule has 0 N–H and O–H groups in total. The molecule has 3 rings (SSSR count). The van der Waals surface area contributed by atoms with Crippen LogP contribution in [0.2, 0.25) is 0 Å². The quantitative estimate of drug-likeness (QED) is 0.699. The SMILES string of the molecule is COCCCC1CCN(C(=O)c2ccc(-c3ccc(F)cc3)cc2)CC1. The molecule has 0 bridgehead atoms. The maximum atomic E-state index is 13.0. The van der Waals surface area contributed by atoms with Gasteiger partial charge in [0, 0.05) is 32.4 Å². The zero-order chi connectivity index (χ0) is 18.4. The Morgan fingerprint density at radius 3 is 2.19 bits per heavy atom. The van der Waals surface area contributed by atoms with Gasteiger partial charge in [-0.1, -0.05) is 24.3 Å². The molecule has 4 heteroatoms. The van der Waals surface area contributed by atoms with Gasteiger partial charge >= 0.3 is 0 Å². The molecule has 1 aliphatic rings. The minimum absolute atomic E-state index is 0.103. The molecule has 26 heavy (non-hydrogen) atoms. The molecule has 0 atom stereocenters. The van der Waals surface area contributed by atoms with E-state index < -0.39 is 0 Å². The zero-order valence-electron chi connectivity index (χ0n) is 15.3. The number of rotatable bonds is 6. The summed E-state index contributed by atoms with van der Waals surface area (Å²) in [5.41, 5.74) is 2.65. The van der Waals surface area contributed by atoms with Crippen LogP contribution in [-0.4, -0.2) is 37.6 Å². The molecule has 0 unspecified atom stereocenters. The third kappa shape index (κ3) is 4.70. The van der Waals surface area contributed by atoms with Crippen LogP contribution in [0.1, 0.15) is 36.0 Å². The molecular formula is C22H26FNO2. The van der Waals surface area contributed by atoms with Gasteiger partial charge in [0.2, 0.25) is 0 Å². The summed E-state index contributed by atoms with van der Waals surface area (Å²) in [5, 5.41) is 0. The van der Waals surface area contributed by atoms with Crippen molar-refractivity contribution in [2.24, 2.45) is 5.92 Å². The average Bonchev–Trinajstić information content (AvgIpc) is 2.69. The summed E-state index contributed by atoms with van der Waals surface area (Å²) in [6.07, 6.45) is 4.43.